The molecule has 1 aliphatic rings. The van der Waals surface area contributed by atoms with Gasteiger partial charge in [0.1, 0.15) is 5.82 Å². The zero-order valence-electron chi connectivity index (χ0n) is 31.9. The highest BCUT2D eigenvalue weighted by Crippen LogP contribution is 2.46. The minimum absolute atomic E-state index is 0.608. The highest BCUT2D eigenvalue weighted by molar-refractivity contribution is 6.43. The fourth-order valence-corrected chi connectivity index (χ4v) is 7.99. The molecule has 3 aromatic rings. The van der Waals surface area contributed by atoms with E-state index in [1.807, 2.05) is 0 Å². The van der Waals surface area contributed by atoms with Gasteiger partial charge in [0.15, 0.2) is 11.0 Å². The van der Waals surface area contributed by atoms with Crippen LogP contribution in [0.15, 0.2) is 42.2 Å². The topological polar surface area (TPSA) is 15.3 Å². The number of hydrogen-bond donors (Lipinski definition) is 0. The van der Waals surface area contributed by atoms with Crippen LogP contribution in [0.25, 0.3) is 17.1 Å². The van der Waals surface area contributed by atoms with Gasteiger partial charge in [0, 0.05) is 31.3 Å². The van der Waals surface area contributed by atoms with Gasteiger partial charge >= 0.3 is 0 Å². The minimum Gasteiger partial charge on any atom is -0.326 e. The average Bonchev–Trinajstić information content (AvgIpc) is 3.54. The molecule has 8 heteroatoms. The molecule has 0 radical (unpaired) electrons. The Hall–Kier alpha value is -1.85. The standard InChI is InChI=1S/C43H63Cl4N4/c1-5-9-13-15-17-21-28-50-40-32-36(46)34(44)30-38(40)48(26-19-11-7-3)42(50)24-23-25-43-49(27-20-12-8-4)39-31-35(45)37(47)33-41(39)51(43)29-22-18-16-14-10-6-2/h23-25,30-33H,5-22,26-29H2,1-4H3/q+1. The summed E-state index contributed by atoms with van der Waals surface area (Å²) in [4.78, 5) is 4.95. The monoisotopic (exact) mass is 775 g/mol. The first kappa shape index (κ1) is 41.9. The highest BCUT2D eigenvalue weighted by atomic mass is 35.5. The molecule has 0 bridgehead atoms. The number of unbranched alkanes of at least 4 members (excludes halogenated alkanes) is 14. The van der Waals surface area contributed by atoms with Crippen molar-refractivity contribution < 1.29 is 4.57 Å². The number of nitrogens with zero attached hydrogens (tertiary/aromatic N) is 4. The second-order valence-corrected chi connectivity index (χ2v) is 15.9. The number of imidazole rings is 1. The molecule has 1 aliphatic heterocycles. The van der Waals surface area contributed by atoms with E-state index in [0.717, 1.165) is 74.3 Å². The van der Waals surface area contributed by atoms with Crippen LogP contribution >= 0.6 is 46.4 Å². The molecule has 0 unspecified atom stereocenters. The zero-order chi connectivity index (χ0) is 36.6. The van der Waals surface area contributed by atoms with Crippen LogP contribution in [0, 0.1) is 0 Å². The fraction of sp³-hybridized carbons (Fsp3) is 0.605. The van der Waals surface area contributed by atoms with Gasteiger partial charge in [0.25, 0.3) is 5.82 Å². The van der Waals surface area contributed by atoms with Crippen molar-refractivity contribution in [3.63, 3.8) is 0 Å². The summed E-state index contributed by atoms with van der Waals surface area (Å²) < 4.78 is 4.95. The van der Waals surface area contributed by atoms with Gasteiger partial charge in [-0.3, -0.25) is 0 Å². The molecule has 0 N–H and O–H groups in total. The molecule has 4 rings (SSSR count). The summed E-state index contributed by atoms with van der Waals surface area (Å²) in [6, 6.07) is 8.28. The number of benzene rings is 2. The van der Waals surface area contributed by atoms with Gasteiger partial charge in [-0.05, 0) is 56.7 Å². The molecule has 2 heterocycles. The van der Waals surface area contributed by atoms with Crippen molar-refractivity contribution in [3.8, 4) is 0 Å². The molecule has 0 saturated heterocycles. The predicted octanol–water partition coefficient (Wildman–Crippen LogP) is 14.8. The lowest BCUT2D eigenvalue weighted by Crippen LogP contribution is -2.36. The van der Waals surface area contributed by atoms with Gasteiger partial charge in [-0.25, -0.2) is 9.13 Å². The van der Waals surface area contributed by atoms with E-state index >= 15 is 0 Å². The summed E-state index contributed by atoms with van der Waals surface area (Å²) >= 11 is 26.7. The van der Waals surface area contributed by atoms with Crippen LogP contribution in [0.2, 0.25) is 20.1 Å². The van der Waals surface area contributed by atoms with Crippen LogP contribution < -0.4 is 14.4 Å². The summed E-state index contributed by atoms with van der Waals surface area (Å²) in [6.45, 7) is 12.9. The Morgan fingerprint density at radius 2 is 0.980 bits per heavy atom. The Bertz CT molecular complexity index is 1580. The van der Waals surface area contributed by atoms with E-state index in [-0.39, 0.29) is 0 Å². The van der Waals surface area contributed by atoms with Crippen molar-refractivity contribution in [1.82, 2.24) is 4.57 Å². The molecular formula is C43H63Cl4N4+. The van der Waals surface area contributed by atoms with E-state index in [9.17, 15) is 0 Å². The largest absolute Gasteiger partial charge is 0.326 e. The van der Waals surface area contributed by atoms with Crippen molar-refractivity contribution in [2.24, 2.45) is 0 Å². The van der Waals surface area contributed by atoms with Gasteiger partial charge in [-0.15, -0.1) is 0 Å². The maximum atomic E-state index is 6.67. The van der Waals surface area contributed by atoms with E-state index in [0.29, 0.717) is 20.1 Å². The van der Waals surface area contributed by atoms with Crippen LogP contribution in [0.3, 0.4) is 0 Å². The van der Waals surface area contributed by atoms with Crippen molar-refractivity contribution in [2.75, 3.05) is 22.9 Å². The van der Waals surface area contributed by atoms with Crippen LogP contribution in [-0.2, 0) is 13.1 Å². The summed E-state index contributed by atoms with van der Waals surface area (Å²) in [7, 11) is 0. The van der Waals surface area contributed by atoms with Crippen LogP contribution in [-0.4, -0.2) is 17.7 Å². The SMILES string of the molecule is CCCCCCCCN1C(=CC=Cc2n(CCCCCCCC)c3cc(Cl)c(Cl)cc3[n+]2CCCCC)N(CCCCC)c2cc(Cl)c(Cl)cc21. The van der Waals surface area contributed by atoms with Crippen molar-refractivity contribution in [2.45, 2.75) is 156 Å². The molecule has 4 nitrogen and oxygen atoms in total. The normalized spacial score (nSPS) is 13.9. The summed E-state index contributed by atoms with van der Waals surface area (Å²) in [5.41, 5.74) is 4.62. The minimum atomic E-state index is 0.608. The Morgan fingerprint density at radius 3 is 1.57 bits per heavy atom. The zero-order valence-corrected chi connectivity index (χ0v) is 34.9. The summed E-state index contributed by atoms with van der Waals surface area (Å²) in [5.74, 6) is 2.40. The third kappa shape index (κ3) is 11.6. The van der Waals surface area contributed by atoms with Gasteiger partial charge in [-0.2, -0.15) is 0 Å². The average molecular weight is 778 g/mol. The van der Waals surface area contributed by atoms with E-state index < -0.39 is 0 Å². The predicted molar refractivity (Wildman–Crippen MR) is 226 cm³/mol. The Labute approximate surface area is 329 Å². The molecule has 0 fully saturated rings. The lowest BCUT2D eigenvalue weighted by atomic mass is 10.1. The molecule has 0 aliphatic carbocycles. The first-order valence-electron chi connectivity index (χ1n) is 20.2. The molecule has 2 aromatic carbocycles. The van der Waals surface area contributed by atoms with Gasteiger partial charge in [0.05, 0.1) is 44.6 Å². The lowest BCUT2D eigenvalue weighted by Gasteiger charge is -2.25. The lowest BCUT2D eigenvalue weighted by molar-refractivity contribution is -0.674. The molecule has 0 atom stereocenters. The van der Waals surface area contributed by atoms with Crippen molar-refractivity contribution in [3.05, 3.63) is 68.2 Å². The van der Waals surface area contributed by atoms with Crippen LogP contribution in [0.5, 0.6) is 0 Å². The van der Waals surface area contributed by atoms with Crippen molar-refractivity contribution in [1.29, 1.82) is 0 Å². The molecule has 51 heavy (non-hydrogen) atoms. The smallest absolute Gasteiger partial charge is 0.282 e. The Balaban J connectivity index is 1.76. The van der Waals surface area contributed by atoms with E-state index in [1.54, 1.807) is 0 Å². The highest BCUT2D eigenvalue weighted by Gasteiger charge is 2.32. The molecule has 0 spiro atoms. The summed E-state index contributed by atoms with van der Waals surface area (Å²) in [6.07, 6.45) is 28.9. The second kappa shape index (κ2) is 22.4. The number of aromatic nitrogens is 2. The number of anilines is 2. The van der Waals surface area contributed by atoms with Gasteiger partial charge in [0.2, 0.25) is 0 Å². The number of fused-ring (bicyclic) bond motifs is 2. The molecule has 282 valence electrons. The Kier molecular flexibility index (Phi) is 18.4. The van der Waals surface area contributed by atoms with E-state index in [4.69, 9.17) is 46.4 Å². The molecule has 0 saturated carbocycles. The maximum absolute atomic E-state index is 6.67. The van der Waals surface area contributed by atoms with Crippen LogP contribution in [0.4, 0.5) is 11.4 Å². The number of halogens is 4. The molecular weight excluding hydrogens is 714 g/mol. The van der Waals surface area contributed by atoms with E-state index in [2.05, 4.69) is 89.1 Å². The van der Waals surface area contributed by atoms with Gasteiger partial charge < -0.3 is 9.80 Å². The molecule has 1 aromatic heterocycles. The first-order chi connectivity index (χ1) is 24.9. The van der Waals surface area contributed by atoms with E-state index in [1.165, 1.54) is 102 Å². The number of allylic oxidation sites excluding steroid dienone is 2. The van der Waals surface area contributed by atoms with Gasteiger partial charge in [-0.1, -0.05) is 157 Å². The quantitative estimate of drug-likeness (QED) is 0.0665. The Morgan fingerprint density at radius 1 is 0.529 bits per heavy atom. The fourth-order valence-electron chi connectivity index (χ4n) is 7.36. The van der Waals surface area contributed by atoms with Crippen LogP contribution in [0.1, 0.15) is 149 Å². The maximum Gasteiger partial charge on any atom is 0.282 e. The second-order valence-electron chi connectivity index (χ2n) is 14.3. The third-order valence-corrected chi connectivity index (χ3v) is 11.7. The number of aryl methyl sites for hydroxylation is 2. The number of rotatable bonds is 24. The summed E-state index contributed by atoms with van der Waals surface area (Å²) in [5, 5.41) is 2.44. The number of hydrogen-bond acceptors (Lipinski definition) is 2. The molecule has 0 amide bonds. The first-order valence-corrected chi connectivity index (χ1v) is 21.7. The third-order valence-electron chi connectivity index (χ3n) is 10.2. The van der Waals surface area contributed by atoms with Crippen molar-refractivity contribution >= 4 is 74.9 Å².